The second-order valence-electron chi connectivity index (χ2n) is 4.60. The van der Waals surface area contributed by atoms with E-state index in [1.54, 1.807) is 0 Å². The van der Waals surface area contributed by atoms with Crippen molar-refractivity contribution in [3.05, 3.63) is 0 Å². The molecule has 4 atom stereocenters. The Kier molecular flexibility index (Phi) is 3.00. The van der Waals surface area contributed by atoms with E-state index in [0.29, 0.717) is 6.61 Å². The highest BCUT2D eigenvalue weighted by atomic mass is 16.8. The van der Waals surface area contributed by atoms with Gasteiger partial charge in [0.25, 0.3) is 0 Å². The van der Waals surface area contributed by atoms with Crippen LogP contribution in [0.1, 0.15) is 20.3 Å². The van der Waals surface area contributed by atoms with Gasteiger partial charge in [0.15, 0.2) is 5.79 Å². The smallest absolute Gasteiger partial charge is 0.163 e. The monoisotopic (exact) mass is 217 g/mol. The van der Waals surface area contributed by atoms with E-state index < -0.39 is 5.79 Å². The highest BCUT2D eigenvalue weighted by Crippen LogP contribution is 2.38. The van der Waals surface area contributed by atoms with Crippen molar-refractivity contribution in [1.29, 1.82) is 0 Å². The summed E-state index contributed by atoms with van der Waals surface area (Å²) >= 11 is 0. The summed E-state index contributed by atoms with van der Waals surface area (Å²) in [6.45, 7) is 4.10. The topological polar surface area (TPSA) is 73.9 Å². The molecule has 0 radical (unpaired) electrons. The summed E-state index contributed by atoms with van der Waals surface area (Å²) in [4.78, 5) is 0. The van der Waals surface area contributed by atoms with Crippen molar-refractivity contribution in [3.63, 3.8) is 0 Å². The first kappa shape index (κ1) is 11.3. The van der Waals surface area contributed by atoms with Gasteiger partial charge in [-0.25, -0.2) is 0 Å². The minimum Gasteiger partial charge on any atom is -0.394 e. The lowest BCUT2D eigenvalue weighted by Crippen LogP contribution is -2.35. The Balaban J connectivity index is 1.99. The van der Waals surface area contributed by atoms with E-state index in [1.165, 1.54) is 0 Å². The molecule has 0 bridgehead atoms. The van der Waals surface area contributed by atoms with Crippen LogP contribution in [0.25, 0.3) is 0 Å². The van der Waals surface area contributed by atoms with Crippen LogP contribution in [-0.2, 0) is 14.2 Å². The Hall–Kier alpha value is -0.200. The number of hydrogen-bond acceptors (Lipinski definition) is 5. The Morgan fingerprint density at radius 1 is 1.40 bits per heavy atom. The van der Waals surface area contributed by atoms with Crippen LogP contribution in [0.15, 0.2) is 0 Å². The summed E-state index contributed by atoms with van der Waals surface area (Å²) < 4.78 is 16.9. The molecule has 0 amide bonds. The molecule has 1 aliphatic heterocycles. The fourth-order valence-corrected chi connectivity index (χ4v) is 2.34. The molecule has 15 heavy (non-hydrogen) atoms. The van der Waals surface area contributed by atoms with E-state index in [0.717, 1.165) is 6.42 Å². The first-order valence-electron chi connectivity index (χ1n) is 5.37. The Bertz CT molecular complexity index is 233. The normalized spacial score (nSPS) is 43.2. The molecule has 0 aromatic carbocycles. The average molecular weight is 217 g/mol. The molecule has 5 nitrogen and oxygen atoms in total. The molecule has 3 unspecified atom stereocenters. The highest BCUT2D eigenvalue weighted by Gasteiger charge is 2.53. The molecular weight excluding hydrogens is 198 g/mol. The number of aliphatic hydroxyl groups excluding tert-OH is 1. The third kappa shape index (κ3) is 2.16. The summed E-state index contributed by atoms with van der Waals surface area (Å²) in [5.74, 6) is -0.575. The van der Waals surface area contributed by atoms with Crippen molar-refractivity contribution in [3.8, 4) is 0 Å². The molecular formula is C10H19NO4. The zero-order valence-electron chi connectivity index (χ0n) is 9.18. The van der Waals surface area contributed by atoms with Gasteiger partial charge in [0.1, 0.15) is 12.2 Å². The zero-order valence-corrected chi connectivity index (χ0v) is 9.18. The summed E-state index contributed by atoms with van der Waals surface area (Å²) in [6, 6.07) is -0.0412. The molecule has 0 aromatic rings. The third-order valence-corrected chi connectivity index (χ3v) is 2.88. The number of rotatable bonds is 3. The van der Waals surface area contributed by atoms with E-state index in [9.17, 15) is 0 Å². The van der Waals surface area contributed by atoms with Crippen LogP contribution in [0.4, 0.5) is 0 Å². The minimum absolute atomic E-state index is 0.0212. The number of fused-ring (bicyclic) bond motifs is 1. The predicted molar refractivity (Wildman–Crippen MR) is 53.2 cm³/mol. The molecule has 1 saturated carbocycles. The molecule has 0 aromatic heterocycles. The fourth-order valence-electron chi connectivity index (χ4n) is 2.34. The van der Waals surface area contributed by atoms with Crippen LogP contribution in [-0.4, -0.2) is 48.5 Å². The van der Waals surface area contributed by atoms with Crippen molar-refractivity contribution in [2.75, 3.05) is 13.2 Å². The van der Waals surface area contributed by atoms with Gasteiger partial charge in [0, 0.05) is 6.04 Å². The predicted octanol–water partition coefficient (Wildman–Crippen LogP) is -0.385. The Morgan fingerprint density at radius 3 is 2.73 bits per heavy atom. The van der Waals surface area contributed by atoms with Gasteiger partial charge in [-0.15, -0.1) is 0 Å². The quantitative estimate of drug-likeness (QED) is 0.674. The highest BCUT2D eigenvalue weighted by molar-refractivity contribution is 5.01. The van der Waals surface area contributed by atoms with Crippen molar-refractivity contribution >= 4 is 0 Å². The van der Waals surface area contributed by atoms with Crippen LogP contribution >= 0.6 is 0 Å². The summed E-state index contributed by atoms with van der Waals surface area (Å²) in [5, 5.41) is 8.71. The van der Waals surface area contributed by atoms with Crippen LogP contribution < -0.4 is 5.73 Å². The SMILES string of the molecule is CC1(C)OC2C(N)C[C@H](OCCO)C2O1. The van der Waals surface area contributed by atoms with Gasteiger partial charge < -0.3 is 25.1 Å². The largest absolute Gasteiger partial charge is 0.394 e. The molecule has 2 fully saturated rings. The first-order chi connectivity index (χ1) is 7.03. The molecule has 88 valence electrons. The molecule has 2 aliphatic rings. The van der Waals surface area contributed by atoms with Crippen molar-refractivity contribution in [2.24, 2.45) is 5.73 Å². The Morgan fingerprint density at radius 2 is 2.07 bits per heavy atom. The van der Waals surface area contributed by atoms with E-state index >= 15 is 0 Å². The molecule has 5 heteroatoms. The van der Waals surface area contributed by atoms with Crippen molar-refractivity contribution in [2.45, 2.75) is 50.4 Å². The van der Waals surface area contributed by atoms with E-state index in [1.807, 2.05) is 13.8 Å². The number of nitrogens with two attached hydrogens (primary N) is 1. The molecule has 0 spiro atoms. The third-order valence-electron chi connectivity index (χ3n) is 2.88. The Labute approximate surface area is 89.5 Å². The summed E-state index contributed by atoms with van der Waals surface area (Å²) in [6.07, 6.45) is 0.495. The standard InChI is InChI=1S/C10H19NO4/c1-10(2)14-8-6(11)5-7(9(8)15-10)13-4-3-12/h6-9,12H,3-5,11H2,1-2H3/t6?,7-,8?,9?/m0/s1. The van der Waals surface area contributed by atoms with E-state index in [2.05, 4.69) is 0 Å². The molecule has 1 heterocycles. The van der Waals surface area contributed by atoms with Gasteiger partial charge in [-0.3, -0.25) is 0 Å². The number of hydrogen-bond donors (Lipinski definition) is 2. The lowest BCUT2D eigenvalue weighted by atomic mass is 10.2. The zero-order chi connectivity index (χ0) is 11.1. The van der Waals surface area contributed by atoms with Crippen LogP contribution in [0.3, 0.4) is 0 Å². The lowest BCUT2D eigenvalue weighted by molar-refractivity contribution is -0.168. The van der Waals surface area contributed by atoms with Gasteiger partial charge in [0.05, 0.1) is 19.3 Å². The summed E-state index contributed by atoms with van der Waals surface area (Å²) in [5.41, 5.74) is 5.96. The van der Waals surface area contributed by atoms with Crippen molar-refractivity contribution < 1.29 is 19.3 Å². The van der Waals surface area contributed by atoms with Gasteiger partial charge >= 0.3 is 0 Å². The first-order valence-corrected chi connectivity index (χ1v) is 5.37. The van der Waals surface area contributed by atoms with Crippen LogP contribution in [0, 0.1) is 0 Å². The second-order valence-corrected chi connectivity index (χ2v) is 4.60. The summed E-state index contributed by atoms with van der Waals surface area (Å²) in [7, 11) is 0. The average Bonchev–Trinajstić information content (AvgIpc) is 2.60. The van der Waals surface area contributed by atoms with E-state index in [-0.39, 0.29) is 31.0 Å². The maximum Gasteiger partial charge on any atom is 0.163 e. The van der Waals surface area contributed by atoms with Gasteiger partial charge in [-0.05, 0) is 20.3 Å². The van der Waals surface area contributed by atoms with E-state index in [4.69, 9.17) is 25.1 Å². The second kappa shape index (κ2) is 3.99. The van der Waals surface area contributed by atoms with Crippen molar-refractivity contribution in [1.82, 2.24) is 0 Å². The molecule has 3 N–H and O–H groups in total. The maximum absolute atomic E-state index is 8.71. The van der Waals surface area contributed by atoms with Gasteiger partial charge in [-0.1, -0.05) is 0 Å². The lowest BCUT2D eigenvalue weighted by Gasteiger charge is -2.22. The molecule has 1 saturated heterocycles. The van der Waals surface area contributed by atoms with Crippen LogP contribution in [0.2, 0.25) is 0 Å². The van der Waals surface area contributed by atoms with Crippen LogP contribution in [0.5, 0.6) is 0 Å². The minimum atomic E-state index is -0.575. The number of aliphatic hydroxyl groups is 1. The fraction of sp³-hybridized carbons (Fsp3) is 1.00. The van der Waals surface area contributed by atoms with Gasteiger partial charge in [0.2, 0.25) is 0 Å². The number of ether oxygens (including phenoxy) is 3. The molecule has 2 rings (SSSR count). The van der Waals surface area contributed by atoms with Gasteiger partial charge in [-0.2, -0.15) is 0 Å². The maximum atomic E-state index is 8.71. The molecule has 1 aliphatic carbocycles.